The van der Waals surface area contributed by atoms with Gasteiger partial charge in [0.05, 0.1) is 12.1 Å². The van der Waals surface area contributed by atoms with Crippen molar-refractivity contribution in [1.82, 2.24) is 4.98 Å². The van der Waals surface area contributed by atoms with Crippen LogP contribution in [0.5, 0.6) is 0 Å². The lowest BCUT2D eigenvalue weighted by Crippen LogP contribution is -2.45. The largest absolute Gasteiger partial charge is 0.461 e. The number of pyridine rings is 1. The summed E-state index contributed by atoms with van der Waals surface area (Å²) in [6, 6.07) is 23.0. The monoisotopic (exact) mass is 554 g/mol. The molecule has 210 valence electrons. The topological polar surface area (TPSA) is 94.9 Å². The van der Waals surface area contributed by atoms with Gasteiger partial charge in [-0.2, -0.15) is 0 Å². The molecule has 1 aliphatic rings. The number of hydrogen-bond donors (Lipinski definition) is 0. The zero-order chi connectivity index (χ0) is 29.0. The van der Waals surface area contributed by atoms with Gasteiger partial charge in [-0.05, 0) is 27.8 Å². The van der Waals surface area contributed by atoms with Gasteiger partial charge in [0.1, 0.15) is 19.0 Å². The van der Waals surface area contributed by atoms with Crippen molar-refractivity contribution in [3.05, 3.63) is 90.3 Å². The lowest BCUT2D eigenvalue weighted by molar-refractivity contribution is -0.152. The number of halogens is 1. The molecule has 0 unspecified atom stereocenters. The van der Waals surface area contributed by atoms with Gasteiger partial charge in [0.2, 0.25) is 5.60 Å². The number of aromatic nitrogens is 1. The standard InChI is InChI=1S/C33H31FN2O5/c1-21(2)33(18-28(36-41-33)32-27-13-6-4-9-23(27)14-15-35-32)30(38)16-25(29(37)19-34)17-31(39)40-20-24-11-7-10-22-8-3-5-12-26(22)24/h3-15,21,25H,16-20H2,1-2H3/t25-,33+/m0/s1. The van der Waals surface area contributed by atoms with Crippen LogP contribution >= 0.6 is 0 Å². The number of hydrogen-bond acceptors (Lipinski definition) is 7. The van der Waals surface area contributed by atoms with Gasteiger partial charge in [-0.15, -0.1) is 0 Å². The molecule has 1 aliphatic heterocycles. The number of carbonyl (C=O) groups is 3. The Morgan fingerprint density at radius 2 is 1.61 bits per heavy atom. The first kappa shape index (κ1) is 28.1. The van der Waals surface area contributed by atoms with E-state index in [1.165, 1.54) is 0 Å². The lowest BCUT2D eigenvalue weighted by Gasteiger charge is -2.30. The molecule has 0 fully saturated rings. The molecule has 4 aromatic rings. The second-order valence-electron chi connectivity index (χ2n) is 10.7. The Labute approximate surface area is 237 Å². The van der Waals surface area contributed by atoms with E-state index >= 15 is 0 Å². The first-order valence-electron chi connectivity index (χ1n) is 13.7. The number of alkyl halides is 1. The SMILES string of the molecule is CC(C)[C@@]1(C(=O)C[C@@H](CC(=O)OCc2cccc3ccccc23)C(=O)CF)CC(c2nccc3ccccc23)=NO1. The van der Waals surface area contributed by atoms with E-state index in [9.17, 15) is 18.8 Å². The van der Waals surface area contributed by atoms with Crippen molar-refractivity contribution in [2.45, 2.75) is 45.3 Å². The lowest BCUT2D eigenvalue weighted by atomic mass is 9.77. The fourth-order valence-electron chi connectivity index (χ4n) is 5.35. The molecule has 5 rings (SSSR count). The third-order valence-electron chi connectivity index (χ3n) is 7.80. The number of oxime groups is 1. The highest BCUT2D eigenvalue weighted by Gasteiger charge is 2.50. The number of carbonyl (C=O) groups excluding carboxylic acids is 3. The summed E-state index contributed by atoms with van der Waals surface area (Å²) in [7, 11) is 0. The van der Waals surface area contributed by atoms with Crippen LogP contribution in [-0.2, 0) is 30.6 Å². The summed E-state index contributed by atoms with van der Waals surface area (Å²) >= 11 is 0. The summed E-state index contributed by atoms with van der Waals surface area (Å²) in [5.41, 5.74) is 0.583. The van der Waals surface area contributed by atoms with Crippen LogP contribution in [0.4, 0.5) is 4.39 Å². The Morgan fingerprint density at radius 3 is 2.34 bits per heavy atom. The van der Waals surface area contributed by atoms with Gasteiger partial charge in [-0.3, -0.25) is 19.4 Å². The van der Waals surface area contributed by atoms with E-state index in [1.54, 1.807) is 6.20 Å². The van der Waals surface area contributed by atoms with Crippen molar-refractivity contribution >= 4 is 44.8 Å². The Bertz CT molecular complexity index is 1640. The van der Waals surface area contributed by atoms with Gasteiger partial charge in [-0.1, -0.05) is 85.7 Å². The summed E-state index contributed by atoms with van der Waals surface area (Å²) < 4.78 is 19.0. The predicted molar refractivity (Wildman–Crippen MR) is 154 cm³/mol. The molecule has 0 spiro atoms. The molecule has 0 N–H and O–H groups in total. The fraction of sp³-hybridized carbons (Fsp3) is 0.303. The van der Waals surface area contributed by atoms with Crippen LogP contribution in [0.2, 0.25) is 0 Å². The molecule has 2 atom stereocenters. The van der Waals surface area contributed by atoms with Crippen LogP contribution in [0.25, 0.3) is 21.5 Å². The number of esters is 1. The van der Waals surface area contributed by atoms with Gasteiger partial charge in [-0.25, -0.2) is 4.39 Å². The van der Waals surface area contributed by atoms with Crippen molar-refractivity contribution in [2.75, 3.05) is 6.67 Å². The Morgan fingerprint density at radius 1 is 0.927 bits per heavy atom. The number of ketones is 2. The molecule has 0 radical (unpaired) electrons. The number of Topliss-reactive ketones (excluding diaryl/α,β-unsaturated/α-hetero) is 2. The molecule has 2 heterocycles. The number of fused-ring (bicyclic) bond motifs is 2. The molecule has 0 saturated heterocycles. The Hall–Kier alpha value is -4.46. The van der Waals surface area contributed by atoms with Crippen LogP contribution in [0.15, 0.2) is 84.1 Å². The van der Waals surface area contributed by atoms with Crippen LogP contribution in [0.3, 0.4) is 0 Å². The van der Waals surface area contributed by atoms with Crippen molar-refractivity contribution in [3.63, 3.8) is 0 Å². The molecule has 1 aromatic heterocycles. The highest BCUT2D eigenvalue weighted by atomic mass is 19.1. The van der Waals surface area contributed by atoms with Gasteiger partial charge in [0, 0.05) is 36.3 Å². The van der Waals surface area contributed by atoms with Crippen molar-refractivity contribution in [3.8, 4) is 0 Å². The molecule has 0 aliphatic carbocycles. The van der Waals surface area contributed by atoms with Crippen LogP contribution < -0.4 is 0 Å². The molecular formula is C33H31FN2O5. The van der Waals surface area contributed by atoms with Crippen molar-refractivity contribution in [2.24, 2.45) is 17.0 Å². The van der Waals surface area contributed by atoms with Gasteiger partial charge in [0.25, 0.3) is 0 Å². The summed E-state index contributed by atoms with van der Waals surface area (Å²) in [5.74, 6) is -3.41. The highest BCUT2D eigenvalue weighted by Crippen LogP contribution is 2.37. The summed E-state index contributed by atoms with van der Waals surface area (Å²) in [5, 5.41) is 8.07. The minimum atomic E-state index is -1.37. The average Bonchev–Trinajstić information content (AvgIpc) is 3.46. The maximum Gasteiger partial charge on any atom is 0.306 e. The van der Waals surface area contributed by atoms with Gasteiger partial charge >= 0.3 is 5.97 Å². The summed E-state index contributed by atoms with van der Waals surface area (Å²) in [6.07, 6.45) is 1.05. The van der Waals surface area contributed by atoms with E-state index in [2.05, 4.69) is 10.1 Å². The van der Waals surface area contributed by atoms with E-state index in [1.807, 2.05) is 86.6 Å². The van der Waals surface area contributed by atoms with Crippen LogP contribution in [0, 0.1) is 11.8 Å². The smallest absolute Gasteiger partial charge is 0.306 e. The minimum Gasteiger partial charge on any atom is -0.461 e. The number of ether oxygens (including phenoxy) is 1. The Kier molecular flexibility index (Phi) is 8.19. The van der Waals surface area contributed by atoms with Gasteiger partial charge < -0.3 is 9.57 Å². The number of nitrogens with zero attached hydrogens (tertiary/aromatic N) is 2. The minimum absolute atomic E-state index is 0.00105. The molecule has 7 nitrogen and oxygen atoms in total. The maximum absolute atomic E-state index is 13.7. The highest BCUT2D eigenvalue weighted by molar-refractivity contribution is 6.12. The molecule has 3 aromatic carbocycles. The second-order valence-corrected chi connectivity index (χ2v) is 10.7. The zero-order valence-corrected chi connectivity index (χ0v) is 23.0. The predicted octanol–water partition coefficient (Wildman–Crippen LogP) is 6.15. The number of rotatable bonds is 11. The molecule has 0 bridgehead atoms. The number of benzene rings is 3. The molecule has 0 saturated carbocycles. The van der Waals surface area contributed by atoms with Crippen LogP contribution in [0.1, 0.15) is 44.4 Å². The van der Waals surface area contributed by atoms with E-state index in [0.29, 0.717) is 11.4 Å². The first-order valence-corrected chi connectivity index (χ1v) is 13.7. The third-order valence-corrected chi connectivity index (χ3v) is 7.80. The normalized spacial score (nSPS) is 17.3. The average molecular weight is 555 g/mol. The van der Waals surface area contributed by atoms with Crippen molar-refractivity contribution in [1.29, 1.82) is 0 Å². The van der Waals surface area contributed by atoms with Gasteiger partial charge in [0.15, 0.2) is 11.6 Å². The third kappa shape index (κ3) is 5.73. The molecule has 0 amide bonds. The fourth-order valence-corrected chi connectivity index (χ4v) is 5.35. The second kappa shape index (κ2) is 12.0. The molecule has 8 heteroatoms. The van der Waals surface area contributed by atoms with E-state index in [-0.39, 0.29) is 25.4 Å². The Balaban J connectivity index is 1.29. The van der Waals surface area contributed by atoms with E-state index in [0.717, 1.165) is 27.1 Å². The van der Waals surface area contributed by atoms with E-state index < -0.39 is 42.2 Å². The first-order chi connectivity index (χ1) is 19.8. The quantitative estimate of drug-likeness (QED) is 0.206. The van der Waals surface area contributed by atoms with Crippen LogP contribution in [-0.4, -0.2) is 40.5 Å². The maximum atomic E-state index is 13.7. The molecule has 41 heavy (non-hydrogen) atoms. The van der Waals surface area contributed by atoms with E-state index in [4.69, 9.17) is 9.57 Å². The summed E-state index contributed by atoms with van der Waals surface area (Å²) in [6.45, 7) is 2.37. The summed E-state index contributed by atoms with van der Waals surface area (Å²) in [4.78, 5) is 49.4. The molecular weight excluding hydrogens is 523 g/mol. The van der Waals surface area contributed by atoms with Crippen molar-refractivity contribution < 1.29 is 28.3 Å². The zero-order valence-electron chi connectivity index (χ0n) is 23.0.